The second-order valence-corrected chi connectivity index (χ2v) is 6.35. The largest absolute Gasteiger partial charge is 0.481 e. The molecular formula is C19H18ClNO3. The fourth-order valence-corrected chi connectivity index (χ4v) is 2.95. The van der Waals surface area contributed by atoms with Gasteiger partial charge in [0.25, 0.3) is 5.91 Å². The lowest BCUT2D eigenvalue weighted by Crippen LogP contribution is -2.30. The van der Waals surface area contributed by atoms with Gasteiger partial charge in [0.2, 0.25) is 0 Å². The molecular weight excluding hydrogens is 326 g/mol. The molecule has 5 heteroatoms. The Bertz CT molecular complexity index is 816. The highest BCUT2D eigenvalue weighted by molar-refractivity contribution is 6.31. The van der Waals surface area contributed by atoms with Gasteiger partial charge in [-0.25, -0.2) is 0 Å². The van der Waals surface area contributed by atoms with Gasteiger partial charge < -0.3 is 10.1 Å². The summed E-state index contributed by atoms with van der Waals surface area (Å²) in [5.41, 5.74) is 3.18. The van der Waals surface area contributed by atoms with Crippen LogP contribution in [0, 0.1) is 6.92 Å². The zero-order chi connectivity index (χ0) is 17.3. The quantitative estimate of drug-likeness (QED) is 0.905. The maximum Gasteiger partial charge on any atom is 0.265 e. The van der Waals surface area contributed by atoms with Gasteiger partial charge in [-0.2, -0.15) is 0 Å². The third kappa shape index (κ3) is 3.29. The smallest absolute Gasteiger partial charge is 0.265 e. The van der Waals surface area contributed by atoms with Gasteiger partial charge in [0, 0.05) is 28.3 Å². The van der Waals surface area contributed by atoms with Gasteiger partial charge in [-0.05, 0) is 44.0 Å². The lowest BCUT2D eigenvalue weighted by atomic mass is 10.1. The van der Waals surface area contributed by atoms with E-state index in [2.05, 4.69) is 5.32 Å². The van der Waals surface area contributed by atoms with Crippen LogP contribution in [0.25, 0.3) is 0 Å². The summed E-state index contributed by atoms with van der Waals surface area (Å²) in [6.45, 7) is 3.58. The summed E-state index contributed by atoms with van der Waals surface area (Å²) < 4.78 is 5.81. The average Bonchev–Trinajstić information content (AvgIpc) is 2.93. The van der Waals surface area contributed by atoms with Crippen LogP contribution in [-0.4, -0.2) is 17.8 Å². The first-order chi connectivity index (χ1) is 11.5. The molecule has 0 bridgehead atoms. The van der Waals surface area contributed by atoms with Gasteiger partial charge >= 0.3 is 0 Å². The average molecular weight is 344 g/mol. The first-order valence-electron chi connectivity index (χ1n) is 7.84. The van der Waals surface area contributed by atoms with Crippen molar-refractivity contribution < 1.29 is 14.3 Å². The minimum Gasteiger partial charge on any atom is -0.481 e. The number of amides is 1. The Balaban J connectivity index is 1.74. The highest BCUT2D eigenvalue weighted by atomic mass is 35.5. The molecule has 1 aliphatic rings. The van der Waals surface area contributed by atoms with Gasteiger partial charge in [-0.3, -0.25) is 9.59 Å². The fourth-order valence-electron chi connectivity index (χ4n) is 2.78. The molecule has 0 radical (unpaired) electrons. The normalized spacial score (nSPS) is 14.2. The SMILES string of the molecule is Cc1ccc(Cl)cc1NC(=O)C(C)Oc1cccc2c1CCC2=O. The van der Waals surface area contributed by atoms with E-state index >= 15 is 0 Å². The number of hydrogen-bond donors (Lipinski definition) is 1. The Morgan fingerprint density at radius 2 is 2.04 bits per heavy atom. The number of ketones is 1. The molecule has 2 aromatic rings. The van der Waals surface area contributed by atoms with Crippen LogP contribution in [0.1, 0.15) is 34.8 Å². The lowest BCUT2D eigenvalue weighted by Gasteiger charge is -2.17. The van der Waals surface area contributed by atoms with Crippen LogP contribution < -0.4 is 10.1 Å². The summed E-state index contributed by atoms with van der Waals surface area (Å²) in [5.74, 6) is 0.466. The molecule has 24 heavy (non-hydrogen) atoms. The third-order valence-electron chi connectivity index (χ3n) is 4.17. The second-order valence-electron chi connectivity index (χ2n) is 5.91. The Hall–Kier alpha value is -2.33. The molecule has 0 saturated heterocycles. The summed E-state index contributed by atoms with van der Waals surface area (Å²) in [6.07, 6.45) is 0.468. The molecule has 1 atom stereocenters. The monoisotopic (exact) mass is 343 g/mol. The highest BCUT2D eigenvalue weighted by Crippen LogP contribution is 2.31. The summed E-state index contributed by atoms with van der Waals surface area (Å²) in [7, 11) is 0. The zero-order valence-electron chi connectivity index (χ0n) is 13.6. The maximum absolute atomic E-state index is 12.4. The molecule has 0 aliphatic heterocycles. The molecule has 0 aromatic heterocycles. The summed E-state index contributed by atoms with van der Waals surface area (Å²) in [5, 5.41) is 3.39. The predicted molar refractivity (Wildman–Crippen MR) is 94.0 cm³/mol. The molecule has 1 amide bonds. The Morgan fingerprint density at radius 3 is 2.83 bits per heavy atom. The molecule has 4 nitrogen and oxygen atoms in total. The van der Waals surface area contributed by atoms with Crippen LogP contribution in [0.3, 0.4) is 0 Å². The molecule has 3 rings (SSSR count). The standard InChI is InChI=1S/C19H18ClNO3/c1-11-6-7-13(20)10-16(11)21-19(23)12(2)24-18-5-3-4-14-15(18)8-9-17(14)22/h3-7,10,12H,8-9H2,1-2H3,(H,21,23). The number of anilines is 1. The maximum atomic E-state index is 12.4. The number of rotatable bonds is 4. The van der Waals surface area contributed by atoms with Crippen LogP contribution in [0.4, 0.5) is 5.69 Å². The van der Waals surface area contributed by atoms with Gasteiger partial charge in [-0.15, -0.1) is 0 Å². The van der Waals surface area contributed by atoms with Crippen molar-refractivity contribution >= 4 is 29.0 Å². The number of aryl methyl sites for hydroxylation is 1. The van der Waals surface area contributed by atoms with Crippen molar-refractivity contribution in [2.75, 3.05) is 5.32 Å². The summed E-state index contributed by atoms with van der Waals surface area (Å²) in [4.78, 5) is 24.2. The molecule has 0 heterocycles. The molecule has 1 N–H and O–H groups in total. The van der Waals surface area contributed by atoms with Crippen molar-refractivity contribution in [1.82, 2.24) is 0 Å². The van der Waals surface area contributed by atoms with E-state index in [0.29, 0.717) is 34.9 Å². The van der Waals surface area contributed by atoms with E-state index < -0.39 is 6.10 Å². The molecule has 1 aliphatic carbocycles. The first kappa shape index (κ1) is 16.5. The Morgan fingerprint density at radius 1 is 1.25 bits per heavy atom. The first-order valence-corrected chi connectivity index (χ1v) is 8.22. The number of benzene rings is 2. The number of hydrogen-bond acceptors (Lipinski definition) is 3. The van der Waals surface area contributed by atoms with Gasteiger partial charge in [0.1, 0.15) is 5.75 Å². The van der Waals surface area contributed by atoms with Crippen LogP contribution in [-0.2, 0) is 11.2 Å². The zero-order valence-corrected chi connectivity index (χ0v) is 14.3. The van der Waals surface area contributed by atoms with Gasteiger partial charge in [0.15, 0.2) is 11.9 Å². The van der Waals surface area contributed by atoms with Crippen molar-refractivity contribution in [1.29, 1.82) is 0 Å². The predicted octanol–water partition coefficient (Wildman–Crippen LogP) is 4.18. The minimum absolute atomic E-state index is 0.127. The van der Waals surface area contributed by atoms with E-state index in [1.165, 1.54) is 0 Å². The van der Waals surface area contributed by atoms with E-state index in [-0.39, 0.29) is 11.7 Å². The van der Waals surface area contributed by atoms with Crippen molar-refractivity contribution in [3.8, 4) is 5.75 Å². The van der Waals surface area contributed by atoms with Crippen LogP contribution in [0.2, 0.25) is 5.02 Å². The highest BCUT2D eigenvalue weighted by Gasteiger charge is 2.24. The topological polar surface area (TPSA) is 55.4 Å². The molecule has 0 saturated carbocycles. The number of halogens is 1. The molecule has 0 fully saturated rings. The van der Waals surface area contributed by atoms with E-state index in [1.54, 1.807) is 37.3 Å². The number of Topliss-reactive ketones (excluding diaryl/α,β-unsaturated/α-hetero) is 1. The molecule has 2 aromatic carbocycles. The number of fused-ring (bicyclic) bond motifs is 1. The number of nitrogens with one attached hydrogen (secondary N) is 1. The summed E-state index contributed by atoms with van der Waals surface area (Å²) in [6, 6.07) is 10.7. The van der Waals surface area contributed by atoms with E-state index in [4.69, 9.17) is 16.3 Å². The molecule has 124 valence electrons. The van der Waals surface area contributed by atoms with Crippen molar-refractivity contribution in [3.05, 3.63) is 58.1 Å². The Labute approximate surface area is 145 Å². The van der Waals surface area contributed by atoms with Crippen molar-refractivity contribution in [3.63, 3.8) is 0 Å². The second kappa shape index (κ2) is 6.65. The third-order valence-corrected chi connectivity index (χ3v) is 4.40. The van der Waals surface area contributed by atoms with Crippen molar-refractivity contribution in [2.24, 2.45) is 0 Å². The van der Waals surface area contributed by atoms with E-state index in [1.807, 2.05) is 13.0 Å². The lowest BCUT2D eigenvalue weighted by molar-refractivity contribution is -0.122. The number of carbonyl (C=O) groups excluding carboxylic acids is 2. The summed E-state index contributed by atoms with van der Waals surface area (Å²) >= 11 is 5.97. The number of ether oxygens (including phenoxy) is 1. The van der Waals surface area contributed by atoms with Crippen LogP contribution in [0.15, 0.2) is 36.4 Å². The molecule has 1 unspecified atom stereocenters. The van der Waals surface area contributed by atoms with Crippen molar-refractivity contribution in [2.45, 2.75) is 32.8 Å². The van der Waals surface area contributed by atoms with E-state index in [0.717, 1.165) is 11.1 Å². The van der Waals surface area contributed by atoms with E-state index in [9.17, 15) is 9.59 Å². The fraction of sp³-hybridized carbons (Fsp3) is 0.263. The van der Waals surface area contributed by atoms with Crippen LogP contribution >= 0.6 is 11.6 Å². The minimum atomic E-state index is -0.689. The van der Waals surface area contributed by atoms with Gasteiger partial charge in [0.05, 0.1) is 0 Å². The van der Waals surface area contributed by atoms with Crippen LogP contribution in [0.5, 0.6) is 5.75 Å². The molecule has 0 spiro atoms. The Kier molecular flexibility index (Phi) is 4.58. The number of carbonyl (C=O) groups is 2. The van der Waals surface area contributed by atoms with Gasteiger partial charge in [-0.1, -0.05) is 29.8 Å².